The lowest BCUT2D eigenvalue weighted by Crippen LogP contribution is -2.41. The Bertz CT molecular complexity index is 588. The number of benzene rings is 1. The average molecular weight is 332 g/mol. The van der Waals surface area contributed by atoms with E-state index in [0.717, 1.165) is 17.7 Å². The molecule has 0 aliphatic carbocycles. The van der Waals surface area contributed by atoms with Gasteiger partial charge in [-0.2, -0.15) is 0 Å². The molecule has 1 aromatic rings. The van der Waals surface area contributed by atoms with Gasteiger partial charge in [0.15, 0.2) is 0 Å². The molecule has 24 heavy (non-hydrogen) atoms. The number of anilines is 1. The number of hydrogen-bond acceptors (Lipinski definition) is 4. The molecular formula is C18H29BN2O3. The molecule has 132 valence electrons. The Hall–Kier alpha value is -1.53. The van der Waals surface area contributed by atoms with Gasteiger partial charge in [0, 0.05) is 39.8 Å². The lowest BCUT2D eigenvalue weighted by atomic mass is 9.79. The van der Waals surface area contributed by atoms with Crippen molar-refractivity contribution in [2.75, 3.05) is 32.1 Å². The Labute approximate surface area is 146 Å². The fourth-order valence-corrected chi connectivity index (χ4v) is 2.47. The van der Waals surface area contributed by atoms with E-state index in [1.807, 2.05) is 26.2 Å². The molecule has 6 heteroatoms. The van der Waals surface area contributed by atoms with Gasteiger partial charge in [0.05, 0.1) is 11.2 Å². The summed E-state index contributed by atoms with van der Waals surface area (Å²) < 4.78 is 12.2. The highest BCUT2D eigenvalue weighted by Gasteiger charge is 2.51. The minimum Gasteiger partial charge on any atom is -0.399 e. The quantitative estimate of drug-likeness (QED) is 0.773. The van der Waals surface area contributed by atoms with Gasteiger partial charge in [-0.25, -0.2) is 0 Å². The molecule has 1 saturated heterocycles. The van der Waals surface area contributed by atoms with Crippen molar-refractivity contribution in [3.8, 4) is 0 Å². The van der Waals surface area contributed by atoms with E-state index in [4.69, 9.17) is 9.31 Å². The standard InChI is InChI=1S/C18H29BN2O3/c1-14(22)20(6)11-12-21(7)16-10-8-9-15(13-16)19-23-17(2,3)18(4,5)24-19/h8-10,13H,11-12H2,1-7H3. The summed E-state index contributed by atoms with van der Waals surface area (Å²) in [6, 6.07) is 8.19. The summed E-state index contributed by atoms with van der Waals surface area (Å²) in [5.74, 6) is 0.0781. The van der Waals surface area contributed by atoms with Crippen molar-refractivity contribution >= 4 is 24.2 Å². The third-order valence-electron chi connectivity index (χ3n) is 5.14. The highest BCUT2D eigenvalue weighted by atomic mass is 16.7. The van der Waals surface area contributed by atoms with Crippen LogP contribution < -0.4 is 10.4 Å². The van der Waals surface area contributed by atoms with Crippen molar-refractivity contribution in [3.05, 3.63) is 24.3 Å². The van der Waals surface area contributed by atoms with Crippen molar-refractivity contribution in [1.82, 2.24) is 4.90 Å². The van der Waals surface area contributed by atoms with Gasteiger partial charge in [-0.05, 0) is 45.3 Å². The Morgan fingerprint density at radius 2 is 1.67 bits per heavy atom. The second-order valence-corrected chi connectivity index (χ2v) is 7.55. The van der Waals surface area contributed by atoms with Gasteiger partial charge >= 0.3 is 7.12 Å². The Balaban J connectivity index is 2.08. The van der Waals surface area contributed by atoms with Crippen LogP contribution in [0.4, 0.5) is 5.69 Å². The molecule has 1 amide bonds. The summed E-state index contributed by atoms with van der Waals surface area (Å²) in [7, 11) is 3.48. The van der Waals surface area contributed by atoms with Gasteiger partial charge in [-0.1, -0.05) is 12.1 Å². The minimum absolute atomic E-state index is 0.0781. The third-order valence-corrected chi connectivity index (χ3v) is 5.14. The molecule has 0 aromatic heterocycles. The smallest absolute Gasteiger partial charge is 0.399 e. The lowest BCUT2D eigenvalue weighted by molar-refractivity contribution is -0.127. The predicted octanol–water partition coefficient (Wildman–Crippen LogP) is 1.90. The van der Waals surface area contributed by atoms with Crippen LogP contribution in [0.5, 0.6) is 0 Å². The monoisotopic (exact) mass is 332 g/mol. The number of nitrogens with zero attached hydrogens (tertiary/aromatic N) is 2. The van der Waals surface area contributed by atoms with E-state index in [0.29, 0.717) is 6.54 Å². The normalized spacial score (nSPS) is 18.5. The topological polar surface area (TPSA) is 42.0 Å². The van der Waals surface area contributed by atoms with E-state index in [1.165, 1.54) is 0 Å². The van der Waals surface area contributed by atoms with E-state index in [1.54, 1.807) is 11.8 Å². The first-order valence-corrected chi connectivity index (χ1v) is 8.42. The largest absolute Gasteiger partial charge is 0.494 e. The first-order valence-electron chi connectivity index (χ1n) is 8.42. The fourth-order valence-electron chi connectivity index (χ4n) is 2.47. The summed E-state index contributed by atoms with van der Waals surface area (Å²) in [6.45, 7) is 11.3. The van der Waals surface area contributed by atoms with Crippen molar-refractivity contribution in [2.24, 2.45) is 0 Å². The van der Waals surface area contributed by atoms with Gasteiger partial charge in [0.1, 0.15) is 0 Å². The molecule has 0 spiro atoms. The first-order chi connectivity index (χ1) is 11.0. The van der Waals surface area contributed by atoms with Crippen LogP contribution in [0.2, 0.25) is 0 Å². The summed E-state index contributed by atoms with van der Waals surface area (Å²) in [4.78, 5) is 15.2. The highest BCUT2D eigenvalue weighted by Crippen LogP contribution is 2.36. The number of rotatable bonds is 5. The van der Waals surface area contributed by atoms with Crippen LogP contribution in [0.25, 0.3) is 0 Å². The van der Waals surface area contributed by atoms with E-state index in [-0.39, 0.29) is 24.2 Å². The van der Waals surface area contributed by atoms with Crippen molar-refractivity contribution < 1.29 is 14.1 Å². The lowest BCUT2D eigenvalue weighted by Gasteiger charge is -2.32. The molecule has 1 heterocycles. The number of carbonyl (C=O) groups excluding carboxylic acids is 1. The molecular weight excluding hydrogens is 303 g/mol. The molecule has 5 nitrogen and oxygen atoms in total. The Kier molecular flexibility index (Phi) is 5.30. The third kappa shape index (κ3) is 3.93. The maximum Gasteiger partial charge on any atom is 0.494 e. The molecule has 0 N–H and O–H groups in total. The predicted molar refractivity (Wildman–Crippen MR) is 98.7 cm³/mol. The van der Waals surface area contributed by atoms with Crippen molar-refractivity contribution in [2.45, 2.75) is 45.8 Å². The summed E-state index contributed by atoms with van der Waals surface area (Å²) >= 11 is 0. The van der Waals surface area contributed by atoms with Crippen LogP contribution in [-0.4, -0.2) is 56.3 Å². The van der Waals surface area contributed by atoms with Crippen molar-refractivity contribution in [3.63, 3.8) is 0 Å². The van der Waals surface area contributed by atoms with Gasteiger partial charge in [0.2, 0.25) is 5.91 Å². The second kappa shape index (κ2) is 6.77. The number of likely N-dealkylation sites (N-methyl/N-ethyl adjacent to an activating group) is 2. The van der Waals surface area contributed by atoms with Crippen LogP contribution in [0, 0.1) is 0 Å². The van der Waals surface area contributed by atoms with Gasteiger partial charge in [-0.15, -0.1) is 0 Å². The number of amides is 1. The molecule has 1 aromatic carbocycles. The van der Waals surface area contributed by atoms with E-state index < -0.39 is 0 Å². The zero-order valence-electron chi connectivity index (χ0n) is 15.9. The molecule has 0 atom stereocenters. The minimum atomic E-state index is -0.358. The number of hydrogen-bond donors (Lipinski definition) is 0. The SMILES string of the molecule is CC(=O)N(C)CCN(C)c1cccc(B2OC(C)(C)C(C)(C)O2)c1. The molecule has 1 aliphatic heterocycles. The van der Waals surface area contributed by atoms with E-state index in [2.05, 4.69) is 44.7 Å². The van der Waals surface area contributed by atoms with Crippen LogP contribution >= 0.6 is 0 Å². The molecule has 0 saturated carbocycles. The molecule has 0 unspecified atom stereocenters. The number of carbonyl (C=O) groups is 1. The van der Waals surface area contributed by atoms with Crippen LogP contribution in [0.3, 0.4) is 0 Å². The van der Waals surface area contributed by atoms with Crippen LogP contribution in [-0.2, 0) is 14.1 Å². The Morgan fingerprint density at radius 1 is 1.08 bits per heavy atom. The van der Waals surface area contributed by atoms with Gasteiger partial charge < -0.3 is 19.1 Å². The molecule has 2 rings (SSSR count). The maximum absolute atomic E-state index is 11.3. The Morgan fingerprint density at radius 3 is 2.21 bits per heavy atom. The molecule has 0 radical (unpaired) electrons. The van der Waals surface area contributed by atoms with Crippen LogP contribution in [0.15, 0.2) is 24.3 Å². The summed E-state index contributed by atoms with van der Waals surface area (Å²) in [5, 5.41) is 0. The fraction of sp³-hybridized carbons (Fsp3) is 0.611. The summed E-state index contributed by atoms with van der Waals surface area (Å²) in [5.41, 5.74) is 1.41. The molecule has 1 fully saturated rings. The average Bonchev–Trinajstić information content (AvgIpc) is 2.72. The second-order valence-electron chi connectivity index (χ2n) is 7.55. The van der Waals surface area contributed by atoms with E-state index in [9.17, 15) is 4.79 Å². The van der Waals surface area contributed by atoms with Gasteiger partial charge in [-0.3, -0.25) is 4.79 Å². The highest BCUT2D eigenvalue weighted by molar-refractivity contribution is 6.62. The summed E-state index contributed by atoms with van der Waals surface area (Å²) in [6.07, 6.45) is 0. The first kappa shape index (κ1) is 18.8. The zero-order valence-corrected chi connectivity index (χ0v) is 15.9. The van der Waals surface area contributed by atoms with Gasteiger partial charge in [0.25, 0.3) is 0 Å². The van der Waals surface area contributed by atoms with Crippen LogP contribution in [0.1, 0.15) is 34.6 Å². The molecule has 1 aliphatic rings. The zero-order chi connectivity index (χ0) is 18.1. The maximum atomic E-state index is 11.3. The molecule has 0 bridgehead atoms. The van der Waals surface area contributed by atoms with E-state index >= 15 is 0 Å². The van der Waals surface area contributed by atoms with Crippen molar-refractivity contribution in [1.29, 1.82) is 0 Å².